The van der Waals surface area contributed by atoms with E-state index in [2.05, 4.69) is 34.0 Å². The minimum atomic E-state index is 0.639. The predicted molar refractivity (Wildman–Crippen MR) is 84.9 cm³/mol. The molecule has 1 N–H and O–H groups in total. The van der Waals surface area contributed by atoms with Crippen LogP contribution < -0.4 is 10.1 Å². The van der Waals surface area contributed by atoms with Gasteiger partial charge >= 0.3 is 0 Å². The predicted octanol–water partition coefficient (Wildman–Crippen LogP) is 2.84. The molecule has 0 atom stereocenters. The second-order valence-electron chi connectivity index (χ2n) is 4.40. The van der Waals surface area contributed by atoms with Crippen molar-refractivity contribution >= 4 is 27.5 Å². The maximum atomic E-state index is 5.87. The van der Waals surface area contributed by atoms with E-state index in [9.17, 15) is 0 Å². The molecule has 110 valence electrons. The van der Waals surface area contributed by atoms with Crippen LogP contribution in [0.1, 0.15) is 20.8 Å². The number of fused-ring (bicyclic) bond motifs is 1. The van der Waals surface area contributed by atoms with Crippen LogP contribution in [0.2, 0.25) is 0 Å². The first-order valence-corrected chi connectivity index (χ1v) is 8.00. The number of ether oxygens (including phenoxy) is 1. The van der Waals surface area contributed by atoms with E-state index in [-0.39, 0.29) is 0 Å². The summed E-state index contributed by atoms with van der Waals surface area (Å²) in [6, 6.07) is 2.02. The highest BCUT2D eigenvalue weighted by atomic mass is 32.1. The molecule has 0 aromatic carbocycles. The van der Waals surface area contributed by atoms with Gasteiger partial charge in [0.25, 0.3) is 0 Å². The largest absolute Gasteiger partial charge is 0.476 e. The molecule has 0 aliphatic heterocycles. The van der Waals surface area contributed by atoms with Gasteiger partial charge in [0.05, 0.1) is 5.39 Å². The Morgan fingerprint density at radius 1 is 1.25 bits per heavy atom. The summed E-state index contributed by atoms with van der Waals surface area (Å²) in [7, 11) is 0. The minimum Gasteiger partial charge on any atom is -0.476 e. The van der Waals surface area contributed by atoms with Crippen molar-refractivity contribution in [3.63, 3.8) is 0 Å². The van der Waals surface area contributed by atoms with Crippen molar-refractivity contribution in [2.24, 2.45) is 0 Å². The molecule has 0 amide bonds. The number of aromatic nitrogens is 2. The van der Waals surface area contributed by atoms with E-state index in [1.165, 1.54) is 0 Å². The van der Waals surface area contributed by atoms with Gasteiger partial charge in [-0.15, -0.1) is 11.3 Å². The molecule has 0 saturated carbocycles. The van der Waals surface area contributed by atoms with Gasteiger partial charge < -0.3 is 15.0 Å². The fraction of sp³-hybridized carbons (Fsp3) is 0.571. The molecule has 2 aromatic heterocycles. The normalized spacial score (nSPS) is 11.2. The van der Waals surface area contributed by atoms with Crippen molar-refractivity contribution in [2.45, 2.75) is 20.8 Å². The quantitative estimate of drug-likeness (QED) is 0.811. The van der Waals surface area contributed by atoms with Gasteiger partial charge in [0.2, 0.25) is 11.8 Å². The number of anilines is 1. The van der Waals surface area contributed by atoms with Gasteiger partial charge in [-0.25, -0.2) is 4.98 Å². The van der Waals surface area contributed by atoms with E-state index in [0.717, 1.165) is 36.4 Å². The first-order chi connectivity index (χ1) is 9.78. The molecule has 0 unspecified atom stereocenters. The second-order valence-corrected chi connectivity index (χ2v) is 5.29. The molecule has 0 radical (unpaired) electrons. The molecule has 6 heteroatoms. The van der Waals surface area contributed by atoms with Gasteiger partial charge in [-0.3, -0.25) is 0 Å². The Morgan fingerprint density at radius 3 is 2.75 bits per heavy atom. The van der Waals surface area contributed by atoms with Gasteiger partial charge in [0.15, 0.2) is 0 Å². The van der Waals surface area contributed by atoms with E-state index in [4.69, 9.17) is 4.74 Å². The number of thiophene rings is 1. The maximum Gasteiger partial charge on any atom is 0.227 e. The molecule has 0 bridgehead atoms. The lowest BCUT2D eigenvalue weighted by molar-refractivity contribution is 0.219. The van der Waals surface area contributed by atoms with E-state index in [1.54, 1.807) is 11.3 Å². The average Bonchev–Trinajstić information content (AvgIpc) is 2.92. The molecule has 0 saturated heterocycles. The summed E-state index contributed by atoms with van der Waals surface area (Å²) in [5, 5.41) is 6.16. The van der Waals surface area contributed by atoms with Gasteiger partial charge in [-0.1, -0.05) is 13.8 Å². The smallest absolute Gasteiger partial charge is 0.227 e. The number of likely N-dealkylation sites (N-methyl/N-ethyl adjacent to an activating group) is 1. The summed E-state index contributed by atoms with van der Waals surface area (Å²) in [5.41, 5.74) is 0. The third-order valence-electron chi connectivity index (χ3n) is 3.17. The fourth-order valence-corrected chi connectivity index (χ4v) is 2.74. The summed E-state index contributed by atoms with van der Waals surface area (Å²) in [4.78, 5) is 12.2. The summed E-state index contributed by atoms with van der Waals surface area (Å²) < 4.78 is 5.87. The summed E-state index contributed by atoms with van der Waals surface area (Å²) in [6.07, 6.45) is 0. The first-order valence-electron chi connectivity index (χ1n) is 7.12. The number of nitrogens with zero attached hydrogens (tertiary/aromatic N) is 3. The van der Waals surface area contributed by atoms with E-state index in [0.29, 0.717) is 18.4 Å². The molecular weight excluding hydrogens is 272 g/mol. The van der Waals surface area contributed by atoms with Crippen LogP contribution in [0, 0.1) is 0 Å². The van der Waals surface area contributed by atoms with Crippen LogP contribution in [0.15, 0.2) is 11.4 Å². The van der Waals surface area contributed by atoms with Crippen molar-refractivity contribution in [2.75, 3.05) is 38.1 Å². The van der Waals surface area contributed by atoms with E-state index in [1.807, 2.05) is 18.4 Å². The zero-order chi connectivity index (χ0) is 14.4. The molecule has 2 rings (SSSR count). The molecule has 2 aromatic rings. The molecular formula is C14H22N4OS. The first kappa shape index (κ1) is 15.0. The highest BCUT2D eigenvalue weighted by molar-refractivity contribution is 7.16. The molecule has 20 heavy (non-hydrogen) atoms. The van der Waals surface area contributed by atoms with Crippen molar-refractivity contribution in [3.8, 4) is 5.88 Å². The van der Waals surface area contributed by atoms with Crippen LogP contribution in [0.4, 0.5) is 5.95 Å². The average molecular weight is 294 g/mol. The van der Waals surface area contributed by atoms with Crippen LogP contribution in [-0.4, -0.2) is 47.7 Å². The highest BCUT2D eigenvalue weighted by Gasteiger charge is 2.10. The third kappa shape index (κ3) is 3.58. The highest BCUT2D eigenvalue weighted by Crippen LogP contribution is 2.28. The lowest BCUT2D eigenvalue weighted by Gasteiger charge is -2.18. The van der Waals surface area contributed by atoms with E-state index < -0.39 is 0 Å². The molecule has 0 spiro atoms. The Morgan fingerprint density at radius 2 is 2.05 bits per heavy atom. The van der Waals surface area contributed by atoms with Crippen LogP contribution in [0.5, 0.6) is 5.88 Å². The molecule has 0 fully saturated rings. The van der Waals surface area contributed by atoms with E-state index >= 15 is 0 Å². The molecule has 0 aliphatic rings. The Hall–Kier alpha value is -1.40. The second kappa shape index (κ2) is 7.40. The van der Waals surface area contributed by atoms with Crippen molar-refractivity contribution in [3.05, 3.63) is 11.4 Å². The third-order valence-corrected chi connectivity index (χ3v) is 3.97. The number of rotatable bonds is 8. The van der Waals surface area contributed by atoms with Crippen LogP contribution in [0.25, 0.3) is 10.2 Å². The molecule has 5 nitrogen and oxygen atoms in total. The monoisotopic (exact) mass is 294 g/mol. The molecule has 0 aliphatic carbocycles. The van der Waals surface area contributed by atoms with Crippen molar-refractivity contribution in [1.82, 2.24) is 14.9 Å². The van der Waals surface area contributed by atoms with Gasteiger partial charge in [-0.05, 0) is 31.5 Å². The summed E-state index contributed by atoms with van der Waals surface area (Å²) >= 11 is 1.61. The Bertz CT molecular complexity index is 539. The van der Waals surface area contributed by atoms with Crippen molar-refractivity contribution < 1.29 is 4.74 Å². The zero-order valence-corrected chi connectivity index (χ0v) is 13.2. The zero-order valence-electron chi connectivity index (χ0n) is 12.3. The lowest BCUT2D eigenvalue weighted by Crippen LogP contribution is -2.28. The Labute approximate surface area is 124 Å². The lowest BCUT2D eigenvalue weighted by atomic mass is 10.4. The summed E-state index contributed by atoms with van der Waals surface area (Å²) in [5.74, 6) is 1.32. The standard InChI is InChI=1S/C14H22N4OS/c1-4-15-14-16-12(11-7-10-20-13(11)17-14)19-9-8-18(5-2)6-3/h7,10H,4-6,8-9H2,1-3H3,(H,15,16,17). The number of hydrogen-bond donors (Lipinski definition) is 1. The minimum absolute atomic E-state index is 0.639. The Kier molecular flexibility index (Phi) is 5.55. The van der Waals surface area contributed by atoms with Gasteiger partial charge in [0, 0.05) is 13.1 Å². The number of nitrogens with one attached hydrogen (secondary N) is 1. The fourth-order valence-electron chi connectivity index (χ4n) is 1.99. The van der Waals surface area contributed by atoms with Gasteiger partial charge in [-0.2, -0.15) is 4.98 Å². The summed E-state index contributed by atoms with van der Waals surface area (Å²) in [6.45, 7) is 10.8. The maximum absolute atomic E-state index is 5.87. The van der Waals surface area contributed by atoms with Crippen LogP contribution in [0.3, 0.4) is 0 Å². The molecule has 2 heterocycles. The van der Waals surface area contributed by atoms with Crippen LogP contribution in [-0.2, 0) is 0 Å². The SMILES string of the molecule is CCNc1nc(OCCN(CC)CC)c2ccsc2n1. The number of hydrogen-bond acceptors (Lipinski definition) is 6. The Balaban J connectivity index is 2.09. The van der Waals surface area contributed by atoms with Crippen molar-refractivity contribution in [1.29, 1.82) is 0 Å². The van der Waals surface area contributed by atoms with Gasteiger partial charge in [0.1, 0.15) is 11.4 Å². The topological polar surface area (TPSA) is 50.3 Å². The van der Waals surface area contributed by atoms with Crippen LogP contribution >= 0.6 is 11.3 Å².